The van der Waals surface area contributed by atoms with Crippen LogP contribution in [0.2, 0.25) is 5.02 Å². The van der Waals surface area contributed by atoms with Crippen molar-refractivity contribution in [2.24, 2.45) is 0 Å². The molecule has 0 unspecified atom stereocenters. The molecule has 0 fully saturated rings. The summed E-state index contributed by atoms with van der Waals surface area (Å²) in [6, 6.07) is 1.86. The summed E-state index contributed by atoms with van der Waals surface area (Å²) < 4.78 is 5.25. The fourth-order valence-corrected chi connectivity index (χ4v) is 1.77. The van der Waals surface area contributed by atoms with E-state index >= 15 is 0 Å². The van der Waals surface area contributed by atoms with Gasteiger partial charge in [0.05, 0.1) is 7.11 Å². The van der Waals surface area contributed by atoms with Crippen LogP contribution in [-0.4, -0.2) is 12.3 Å². The van der Waals surface area contributed by atoms with E-state index in [0.29, 0.717) is 11.6 Å². The lowest BCUT2D eigenvalue weighted by molar-refractivity contribution is 0.160. The Morgan fingerprint density at radius 1 is 1.50 bits per heavy atom. The van der Waals surface area contributed by atoms with Gasteiger partial charge in [0.25, 0.3) is 0 Å². The van der Waals surface area contributed by atoms with Crippen molar-refractivity contribution < 1.29 is 9.94 Å². The van der Waals surface area contributed by atoms with Gasteiger partial charge in [-0.2, -0.15) is 0 Å². The van der Waals surface area contributed by atoms with Crippen molar-refractivity contribution in [1.82, 2.24) is 5.48 Å². The zero-order chi connectivity index (χ0) is 10.7. The molecule has 0 saturated carbocycles. The first-order chi connectivity index (χ1) is 6.61. The Kier molecular flexibility index (Phi) is 3.75. The second-order valence-electron chi connectivity index (χ2n) is 3.15. The molecular weight excluding hydrogens is 202 g/mol. The highest BCUT2D eigenvalue weighted by Gasteiger charge is 2.12. The van der Waals surface area contributed by atoms with Gasteiger partial charge in [-0.1, -0.05) is 11.6 Å². The van der Waals surface area contributed by atoms with Crippen molar-refractivity contribution in [2.45, 2.75) is 20.4 Å². The molecule has 0 heterocycles. The summed E-state index contributed by atoms with van der Waals surface area (Å²) in [5.41, 5.74) is 4.90. The summed E-state index contributed by atoms with van der Waals surface area (Å²) in [6.07, 6.45) is 0. The summed E-state index contributed by atoms with van der Waals surface area (Å²) in [6.45, 7) is 4.15. The summed E-state index contributed by atoms with van der Waals surface area (Å²) in [7, 11) is 1.61. The van der Waals surface area contributed by atoms with Crippen LogP contribution in [0.1, 0.15) is 16.7 Å². The molecule has 0 bridgehead atoms. The molecule has 0 atom stereocenters. The second kappa shape index (κ2) is 4.64. The Morgan fingerprint density at radius 2 is 2.14 bits per heavy atom. The third-order valence-electron chi connectivity index (χ3n) is 2.25. The van der Waals surface area contributed by atoms with Crippen LogP contribution in [0.3, 0.4) is 0 Å². The molecule has 0 aliphatic heterocycles. The minimum atomic E-state index is 0.330. The third kappa shape index (κ3) is 2.00. The Labute approximate surface area is 88.6 Å². The van der Waals surface area contributed by atoms with Crippen LogP contribution in [0.25, 0.3) is 0 Å². The number of nitrogens with one attached hydrogen (secondary N) is 1. The Hall–Kier alpha value is -0.770. The lowest BCUT2D eigenvalue weighted by atomic mass is 10.0. The van der Waals surface area contributed by atoms with Gasteiger partial charge in [-0.3, -0.25) is 0 Å². The summed E-state index contributed by atoms with van der Waals surface area (Å²) in [5.74, 6) is 0.772. The lowest BCUT2D eigenvalue weighted by Gasteiger charge is -2.14. The molecule has 1 rings (SSSR count). The molecule has 0 radical (unpaired) electrons. The smallest absolute Gasteiger partial charge is 0.126 e. The minimum Gasteiger partial charge on any atom is -0.496 e. The topological polar surface area (TPSA) is 41.5 Å². The average Bonchev–Trinajstić information content (AvgIpc) is 2.14. The number of hydrogen-bond donors (Lipinski definition) is 2. The predicted octanol–water partition coefficient (Wildman–Crippen LogP) is 2.44. The molecule has 0 saturated heterocycles. The number of hydrogen-bond acceptors (Lipinski definition) is 3. The zero-order valence-electron chi connectivity index (χ0n) is 8.52. The highest BCUT2D eigenvalue weighted by Crippen LogP contribution is 2.31. The molecule has 0 aliphatic carbocycles. The van der Waals surface area contributed by atoms with Crippen LogP contribution in [0.4, 0.5) is 0 Å². The van der Waals surface area contributed by atoms with Crippen molar-refractivity contribution in [2.75, 3.05) is 7.11 Å². The Bertz CT molecular complexity index is 339. The number of ether oxygens (including phenoxy) is 1. The monoisotopic (exact) mass is 215 g/mol. The predicted molar refractivity (Wildman–Crippen MR) is 56.1 cm³/mol. The second-order valence-corrected chi connectivity index (χ2v) is 3.55. The number of halogens is 1. The van der Waals surface area contributed by atoms with Gasteiger partial charge in [-0.25, -0.2) is 5.48 Å². The highest BCUT2D eigenvalue weighted by atomic mass is 35.5. The van der Waals surface area contributed by atoms with Crippen molar-refractivity contribution in [3.05, 3.63) is 27.8 Å². The molecule has 0 aromatic heterocycles. The average molecular weight is 216 g/mol. The molecule has 0 amide bonds. The molecule has 78 valence electrons. The summed E-state index contributed by atoms with van der Waals surface area (Å²) in [5, 5.41) is 9.39. The van der Waals surface area contributed by atoms with Crippen molar-refractivity contribution in [3.63, 3.8) is 0 Å². The quantitative estimate of drug-likeness (QED) is 0.762. The van der Waals surface area contributed by atoms with E-state index in [-0.39, 0.29) is 0 Å². The fraction of sp³-hybridized carbons (Fsp3) is 0.400. The van der Waals surface area contributed by atoms with Crippen LogP contribution >= 0.6 is 11.6 Å². The first kappa shape index (κ1) is 11.3. The maximum absolute atomic E-state index is 8.70. The zero-order valence-corrected chi connectivity index (χ0v) is 9.27. The van der Waals surface area contributed by atoms with Gasteiger partial charge in [0.2, 0.25) is 0 Å². The van der Waals surface area contributed by atoms with Gasteiger partial charge in [0.1, 0.15) is 5.75 Å². The van der Waals surface area contributed by atoms with Crippen LogP contribution in [0.15, 0.2) is 6.07 Å². The van der Waals surface area contributed by atoms with E-state index in [4.69, 9.17) is 21.5 Å². The van der Waals surface area contributed by atoms with Crippen molar-refractivity contribution in [3.8, 4) is 5.75 Å². The van der Waals surface area contributed by atoms with Gasteiger partial charge in [0.15, 0.2) is 0 Å². The largest absolute Gasteiger partial charge is 0.496 e. The van der Waals surface area contributed by atoms with E-state index in [1.807, 2.05) is 19.9 Å². The van der Waals surface area contributed by atoms with Crippen LogP contribution in [0, 0.1) is 13.8 Å². The van der Waals surface area contributed by atoms with Gasteiger partial charge in [0, 0.05) is 17.1 Å². The summed E-state index contributed by atoms with van der Waals surface area (Å²) >= 11 is 6.02. The van der Waals surface area contributed by atoms with E-state index in [1.165, 1.54) is 0 Å². The van der Waals surface area contributed by atoms with Crippen LogP contribution < -0.4 is 10.2 Å². The van der Waals surface area contributed by atoms with Crippen LogP contribution in [-0.2, 0) is 6.54 Å². The molecule has 1 aromatic rings. The molecule has 2 N–H and O–H groups in total. The highest BCUT2D eigenvalue weighted by molar-refractivity contribution is 6.31. The van der Waals surface area contributed by atoms with Gasteiger partial charge in [-0.15, -0.1) is 0 Å². The fourth-order valence-electron chi connectivity index (χ4n) is 1.49. The molecular formula is C10H14ClNO2. The standard InChI is InChI=1S/C10H14ClNO2/c1-6-4-9(11)7(2)8(5-12-13)10(6)14-3/h4,12-13H,5H2,1-3H3. The number of hydroxylamine groups is 1. The number of methoxy groups -OCH3 is 1. The van der Waals surface area contributed by atoms with Gasteiger partial charge >= 0.3 is 0 Å². The Balaban J connectivity index is 3.32. The van der Waals surface area contributed by atoms with Crippen molar-refractivity contribution in [1.29, 1.82) is 0 Å². The SMILES string of the molecule is COc1c(C)cc(Cl)c(C)c1CNO. The lowest BCUT2D eigenvalue weighted by Crippen LogP contribution is -2.10. The number of aryl methyl sites for hydroxylation is 1. The minimum absolute atomic E-state index is 0.330. The van der Waals surface area contributed by atoms with Crippen molar-refractivity contribution >= 4 is 11.6 Å². The normalized spacial score (nSPS) is 10.4. The molecule has 0 spiro atoms. The summed E-state index contributed by atoms with van der Waals surface area (Å²) in [4.78, 5) is 0. The molecule has 4 heteroatoms. The molecule has 14 heavy (non-hydrogen) atoms. The number of rotatable bonds is 3. The maximum atomic E-state index is 8.70. The first-order valence-corrected chi connectivity index (χ1v) is 4.69. The van der Waals surface area contributed by atoms with Crippen LogP contribution in [0.5, 0.6) is 5.75 Å². The van der Waals surface area contributed by atoms with E-state index in [0.717, 1.165) is 22.4 Å². The molecule has 3 nitrogen and oxygen atoms in total. The first-order valence-electron chi connectivity index (χ1n) is 4.31. The van der Waals surface area contributed by atoms with Gasteiger partial charge < -0.3 is 9.94 Å². The maximum Gasteiger partial charge on any atom is 0.126 e. The van der Waals surface area contributed by atoms with E-state index in [2.05, 4.69) is 5.48 Å². The van der Waals surface area contributed by atoms with E-state index < -0.39 is 0 Å². The number of benzene rings is 1. The molecule has 1 aromatic carbocycles. The Morgan fingerprint density at radius 3 is 2.64 bits per heavy atom. The third-order valence-corrected chi connectivity index (χ3v) is 2.64. The molecule has 0 aliphatic rings. The van der Waals surface area contributed by atoms with Gasteiger partial charge in [-0.05, 0) is 31.0 Å². The van der Waals surface area contributed by atoms with E-state index in [9.17, 15) is 0 Å². The van der Waals surface area contributed by atoms with E-state index in [1.54, 1.807) is 7.11 Å².